The molecule has 1 N–H and O–H groups in total. The molecule has 0 aromatic heterocycles. The normalized spacial score (nSPS) is 24.7. The summed E-state index contributed by atoms with van der Waals surface area (Å²) in [6.45, 7) is 5.72. The fraction of sp³-hybridized carbons (Fsp3) is 0.647. The second-order valence-corrected chi connectivity index (χ2v) is 6.56. The summed E-state index contributed by atoms with van der Waals surface area (Å²) >= 11 is 0. The van der Waals surface area contributed by atoms with Crippen LogP contribution in [-0.2, 0) is 0 Å². The lowest BCUT2D eigenvalue weighted by Crippen LogP contribution is -2.39. The SMILES string of the molecule is CN1CCC(CNC2CCN(c3ccc(F)cc3)C2)CC1. The van der Waals surface area contributed by atoms with Crippen molar-refractivity contribution < 1.29 is 4.39 Å². The third-order valence-corrected chi connectivity index (χ3v) is 4.91. The van der Waals surface area contributed by atoms with E-state index >= 15 is 0 Å². The van der Waals surface area contributed by atoms with Crippen molar-refractivity contribution in [2.24, 2.45) is 5.92 Å². The quantitative estimate of drug-likeness (QED) is 0.918. The Bertz CT molecular complexity index is 440. The van der Waals surface area contributed by atoms with E-state index in [4.69, 9.17) is 0 Å². The molecule has 0 spiro atoms. The molecule has 1 unspecified atom stereocenters. The van der Waals surface area contributed by atoms with Gasteiger partial charge >= 0.3 is 0 Å². The number of nitrogens with one attached hydrogen (secondary N) is 1. The number of hydrogen-bond acceptors (Lipinski definition) is 3. The van der Waals surface area contributed by atoms with Gasteiger partial charge in [0, 0.05) is 24.8 Å². The van der Waals surface area contributed by atoms with Gasteiger partial charge in [-0.2, -0.15) is 0 Å². The first kappa shape index (κ1) is 14.8. The molecule has 2 heterocycles. The smallest absolute Gasteiger partial charge is 0.123 e. The molecule has 3 rings (SSSR count). The number of rotatable bonds is 4. The second kappa shape index (κ2) is 6.75. The molecular formula is C17H26FN3. The number of hydrogen-bond donors (Lipinski definition) is 1. The van der Waals surface area contributed by atoms with E-state index in [0.29, 0.717) is 6.04 Å². The fourth-order valence-electron chi connectivity index (χ4n) is 3.41. The number of benzene rings is 1. The zero-order valence-corrected chi connectivity index (χ0v) is 12.9. The maximum absolute atomic E-state index is 13.0. The van der Waals surface area contributed by atoms with Crippen LogP contribution in [0.2, 0.25) is 0 Å². The van der Waals surface area contributed by atoms with Gasteiger partial charge in [-0.1, -0.05) is 0 Å². The zero-order valence-electron chi connectivity index (χ0n) is 12.9. The Kier molecular flexibility index (Phi) is 4.76. The van der Waals surface area contributed by atoms with Crippen LogP contribution in [0, 0.1) is 11.7 Å². The number of piperidine rings is 1. The van der Waals surface area contributed by atoms with Crippen LogP contribution in [0.5, 0.6) is 0 Å². The summed E-state index contributed by atoms with van der Waals surface area (Å²) in [5.41, 5.74) is 1.14. The summed E-state index contributed by atoms with van der Waals surface area (Å²) < 4.78 is 13.0. The Morgan fingerprint density at radius 2 is 1.81 bits per heavy atom. The minimum absolute atomic E-state index is 0.158. The minimum Gasteiger partial charge on any atom is -0.370 e. The molecule has 1 atom stereocenters. The van der Waals surface area contributed by atoms with Gasteiger partial charge in [-0.05, 0) is 76.1 Å². The highest BCUT2D eigenvalue weighted by atomic mass is 19.1. The monoisotopic (exact) mass is 291 g/mol. The van der Waals surface area contributed by atoms with Crippen molar-refractivity contribution in [2.75, 3.05) is 44.7 Å². The maximum atomic E-state index is 13.0. The van der Waals surface area contributed by atoms with Gasteiger partial charge in [0.15, 0.2) is 0 Å². The lowest BCUT2D eigenvalue weighted by molar-refractivity contribution is 0.213. The van der Waals surface area contributed by atoms with E-state index in [9.17, 15) is 4.39 Å². The van der Waals surface area contributed by atoms with E-state index in [0.717, 1.165) is 31.2 Å². The van der Waals surface area contributed by atoms with E-state index in [-0.39, 0.29) is 5.82 Å². The predicted octanol–water partition coefficient (Wildman–Crippen LogP) is 2.34. The Morgan fingerprint density at radius 1 is 1.10 bits per heavy atom. The van der Waals surface area contributed by atoms with E-state index in [1.165, 1.54) is 32.4 Å². The molecular weight excluding hydrogens is 265 g/mol. The molecule has 0 saturated carbocycles. The van der Waals surface area contributed by atoms with Crippen molar-refractivity contribution in [1.29, 1.82) is 0 Å². The van der Waals surface area contributed by atoms with Crippen LogP contribution in [0.4, 0.5) is 10.1 Å². The molecule has 0 amide bonds. The first-order chi connectivity index (χ1) is 10.2. The van der Waals surface area contributed by atoms with Crippen LogP contribution >= 0.6 is 0 Å². The van der Waals surface area contributed by atoms with Gasteiger partial charge in [-0.15, -0.1) is 0 Å². The highest BCUT2D eigenvalue weighted by Crippen LogP contribution is 2.21. The van der Waals surface area contributed by atoms with Gasteiger partial charge in [0.25, 0.3) is 0 Å². The molecule has 2 saturated heterocycles. The number of anilines is 1. The highest BCUT2D eigenvalue weighted by Gasteiger charge is 2.24. The second-order valence-electron chi connectivity index (χ2n) is 6.56. The average Bonchev–Trinajstić information content (AvgIpc) is 2.96. The van der Waals surface area contributed by atoms with Crippen molar-refractivity contribution in [3.8, 4) is 0 Å². The van der Waals surface area contributed by atoms with Gasteiger partial charge in [0.2, 0.25) is 0 Å². The van der Waals surface area contributed by atoms with Gasteiger partial charge in [0.1, 0.15) is 5.82 Å². The largest absolute Gasteiger partial charge is 0.370 e. The van der Waals surface area contributed by atoms with Crippen molar-refractivity contribution in [2.45, 2.75) is 25.3 Å². The van der Waals surface area contributed by atoms with Gasteiger partial charge in [-0.3, -0.25) is 0 Å². The Labute approximate surface area is 127 Å². The molecule has 0 bridgehead atoms. The summed E-state index contributed by atoms with van der Waals surface area (Å²) in [6, 6.07) is 7.45. The molecule has 21 heavy (non-hydrogen) atoms. The fourth-order valence-corrected chi connectivity index (χ4v) is 3.41. The Morgan fingerprint density at radius 3 is 2.52 bits per heavy atom. The molecule has 116 valence electrons. The lowest BCUT2D eigenvalue weighted by Gasteiger charge is -2.30. The van der Waals surface area contributed by atoms with E-state index < -0.39 is 0 Å². The summed E-state index contributed by atoms with van der Waals surface area (Å²) in [7, 11) is 2.21. The standard InChI is InChI=1S/C17H26FN3/c1-20-9-6-14(7-10-20)12-19-16-8-11-21(13-16)17-4-2-15(18)3-5-17/h2-5,14,16,19H,6-13H2,1H3. The van der Waals surface area contributed by atoms with E-state index in [2.05, 4.69) is 22.2 Å². The lowest BCUT2D eigenvalue weighted by atomic mass is 9.97. The van der Waals surface area contributed by atoms with Crippen LogP contribution in [0.1, 0.15) is 19.3 Å². The van der Waals surface area contributed by atoms with Crippen molar-refractivity contribution in [1.82, 2.24) is 10.2 Å². The zero-order chi connectivity index (χ0) is 14.7. The third kappa shape index (κ3) is 3.95. The Hall–Kier alpha value is -1.13. The van der Waals surface area contributed by atoms with Gasteiger partial charge in [-0.25, -0.2) is 4.39 Å². The molecule has 1 aromatic rings. The van der Waals surface area contributed by atoms with Crippen LogP contribution < -0.4 is 10.2 Å². The predicted molar refractivity (Wildman–Crippen MR) is 85.2 cm³/mol. The minimum atomic E-state index is -0.158. The molecule has 2 fully saturated rings. The third-order valence-electron chi connectivity index (χ3n) is 4.91. The van der Waals surface area contributed by atoms with Crippen LogP contribution in [0.15, 0.2) is 24.3 Å². The molecule has 0 radical (unpaired) electrons. The first-order valence-corrected chi connectivity index (χ1v) is 8.13. The van der Waals surface area contributed by atoms with E-state index in [1.54, 1.807) is 12.1 Å². The van der Waals surface area contributed by atoms with Crippen molar-refractivity contribution >= 4 is 5.69 Å². The van der Waals surface area contributed by atoms with Crippen LogP contribution in [0.3, 0.4) is 0 Å². The topological polar surface area (TPSA) is 18.5 Å². The molecule has 1 aromatic carbocycles. The summed E-state index contributed by atoms with van der Waals surface area (Å²) in [4.78, 5) is 4.77. The summed E-state index contributed by atoms with van der Waals surface area (Å²) in [5.74, 6) is 0.677. The average molecular weight is 291 g/mol. The molecule has 2 aliphatic heterocycles. The van der Waals surface area contributed by atoms with Crippen molar-refractivity contribution in [3.05, 3.63) is 30.1 Å². The molecule has 3 nitrogen and oxygen atoms in total. The van der Waals surface area contributed by atoms with E-state index in [1.807, 2.05) is 12.1 Å². The maximum Gasteiger partial charge on any atom is 0.123 e. The van der Waals surface area contributed by atoms with Crippen LogP contribution in [0.25, 0.3) is 0 Å². The van der Waals surface area contributed by atoms with Crippen LogP contribution in [-0.4, -0.2) is 50.7 Å². The number of nitrogens with zero attached hydrogens (tertiary/aromatic N) is 2. The van der Waals surface area contributed by atoms with Gasteiger partial charge < -0.3 is 15.1 Å². The first-order valence-electron chi connectivity index (χ1n) is 8.13. The molecule has 0 aliphatic carbocycles. The Balaban J connectivity index is 1.43. The molecule has 2 aliphatic rings. The number of halogens is 1. The summed E-state index contributed by atoms with van der Waals surface area (Å²) in [5, 5.41) is 3.74. The molecule has 4 heteroatoms. The highest BCUT2D eigenvalue weighted by molar-refractivity contribution is 5.47. The van der Waals surface area contributed by atoms with Crippen molar-refractivity contribution in [3.63, 3.8) is 0 Å². The van der Waals surface area contributed by atoms with Gasteiger partial charge in [0.05, 0.1) is 0 Å². The number of likely N-dealkylation sites (tertiary alicyclic amines) is 1. The summed E-state index contributed by atoms with van der Waals surface area (Å²) in [6.07, 6.45) is 3.82.